The molecule has 0 spiro atoms. The Balaban J connectivity index is 1.72. The van der Waals surface area contributed by atoms with Crippen molar-refractivity contribution in [3.63, 3.8) is 0 Å². The fraction of sp³-hybridized carbons (Fsp3) is 0.0588. The highest BCUT2D eigenvalue weighted by atomic mass is 35.5. The molecule has 2 aromatic carbocycles. The average Bonchev–Trinajstić information content (AvgIpc) is 3.16. The molecule has 0 bridgehead atoms. The summed E-state index contributed by atoms with van der Waals surface area (Å²) in [5.41, 5.74) is 0.957. The van der Waals surface area contributed by atoms with Gasteiger partial charge in [-0.15, -0.1) is 10.2 Å². The summed E-state index contributed by atoms with van der Waals surface area (Å²) in [5.74, 6) is -0.544. The minimum atomic E-state index is -0.806. The van der Waals surface area contributed by atoms with Crippen molar-refractivity contribution in [2.24, 2.45) is 0 Å². The van der Waals surface area contributed by atoms with E-state index in [4.69, 9.17) is 16.3 Å². The van der Waals surface area contributed by atoms with Crippen molar-refractivity contribution >= 4 is 29.2 Å². The van der Waals surface area contributed by atoms with E-state index in [0.29, 0.717) is 22.8 Å². The highest BCUT2D eigenvalue weighted by Crippen LogP contribution is 2.29. The van der Waals surface area contributed by atoms with Crippen molar-refractivity contribution < 1.29 is 18.7 Å². The fourth-order valence-electron chi connectivity index (χ4n) is 2.25. The first kappa shape index (κ1) is 18.3. The Kier molecular flexibility index (Phi) is 5.32. The molecule has 0 aliphatic heterocycles. The number of imide groups is 1. The molecule has 0 fully saturated rings. The largest absolute Gasteiger partial charge is 0.495 e. The first-order valence-corrected chi connectivity index (χ1v) is 7.90. The molecule has 1 heterocycles. The Morgan fingerprint density at radius 3 is 2.74 bits per heavy atom. The summed E-state index contributed by atoms with van der Waals surface area (Å²) in [6.45, 7) is 0. The van der Waals surface area contributed by atoms with E-state index >= 15 is 0 Å². The summed E-state index contributed by atoms with van der Waals surface area (Å²) in [6, 6.07) is 7.31. The van der Waals surface area contributed by atoms with Crippen LogP contribution >= 0.6 is 11.6 Å². The number of aromatic nitrogens is 3. The third kappa shape index (κ3) is 4.21. The van der Waals surface area contributed by atoms with Crippen LogP contribution in [0.1, 0.15) is 10.4 Å². The topological polar surface area (TPSA) is 109 Å². The van der Waals surface area contributed by atoms with Crippen LogP contribution in [-0.2, 0) is 0 Å². The molecule has 3 rings (SSSR count). The second-order valence-corrected chi connectivity index (χ2v) is 5.64. The van der Waals surface area contributed by atoms with Gasteiger partial charge >= 0.3 is 6.03 Å². The molecule has 0 aliphatic carbocycles. The van der Waals surface area contributed by atoms with Crippen LogP contribution in [0.15, 0.2) is 36.4 Å². The van der Waals surface area contributed by atoms with Crippen molar-refractivity contribution in [3.8, 4) is 17.1 Å². The Labute approximate surface area is 157 Å². The second kappa shape index (κ2) is 7.83. The van der Waals surface area contributed by atoms with E-state index in [-0.39, 0.29) is 10.6 Å². The smallest absolute Gasteiger partial charge is 0.326 e. The number of nitrogens with zero attached hydrogens (tertiary/aromatic N) is 2. The maximum absolute atomic E-state index is 13.1. The van der Waals surface area contributed by atoms with E-state index < -0.39 is 17.8 Å². The number of H-pyrrole nitrogens is 1. The number of anilines is 1. The molecule has 3 aromatic rings. The zero-order valence-electron chi connectivity index (χ0n) is 13.8. The van der Waals surface area contributed by atoms with Gasteiger partial charge in [-0.25, -0.2) is 9.18 Å². The third-order valence-corrected chi connectivity index (χ3v) is 3.81. The van der Waals surface area contributed by atoms with E-state index in [2.05, 4.69) is 32.1 Å². The van der Waals surface area contributed by atoms with Gasteiger partial charge in [0.1, 0.15) is 11.6 Å². The number of carbonyl (C=O) groups is 2. The van der Waals surface area contributed by atoms with Crippen LogP contribution in [0.25, 0.3) is 11.4 Å². The standard InChI is InChI=1S/C17H12ClFN5O3/c1-27-14-6-9(15-20-8-21-24-15)2-5-13(14)22-17(26)23-16(25)11-4-3-10(19)7-12(11)18/h2-7H,1H3,(H,20,21,24)(H2,22,23,25,26). The predicted molar refractivity (Wildman–Crippen MR) is 95.1 cm³/mol. The molecule has 3 N–H and O–H groups in total. The molecule has 27 heavy (non-hydrogen) atoms. The van der Waals surface area contributed by atoms with E-state index in [1.54, 1.807) is 18.2 Å². The first-order valence-electron chi connectivity index (χ1n) is 7.52. The number of urea groups is 1. The van der Waals surface area contributed by atoms with Crippen molar-refractivity contribution in [3.05, 3.63) is 59.1 Å². The summed E-state index contributed by atoms with van der Waals surface area (Å²) >= 11 is 5.81. The van der Waals surface area contributed by atoms with Crippen LogP contribution in [-0.4, -0.2) is 34.2 Å². The fourth-order valence-corrected chi connectivity index (χ4v) is 2.50. The van der Waals surface area contributed by atoms with Crippen LogP contribution in [0.5, 0.6) is 5.75 Å². The summed E-state index contributed by atoms with van der Waals surface area (Å²) in [7, 11) is 1.43. The number of hydrogen-bond donors (Lipinski definition) is 3. The number of rotatable bonds is 4. The van der Waals surface area contributed by atoms with Gasteiger partial charge in [0, 0.05) is 5.56 Å². The van der Waals surface area contributed by atoms with E-state index in [1.165, 1.54) is 13.2 Å². The van der Waals surface area contributed by atoms with E-state index in [0.717, 1.165) is 12.1 Å². The lowest BCUT2D eigenvalue weighted by Crippen LogP contribution is -2.34. The second-order valence-electron chi connectivity index (χ2n) is 5.23. The van der Waals surface area contributed by atoms with Gasteiger partial charge in [0.25, 0.3) is 5.91 Å². The lowest BCUT2D eigenvalue weighted by Gasteiger charge is -2.12. The van der Waals surface area contributed by atoms with Gasteiger partial charge in [-0.2, -0.15) is 0 Å². The maximum Gasteiger partial charge on any atom is 0.326 e. The van der Waals surface area contributed by atoms with E-state index in [9.17, 15) is 14.0 Å². The van der Waals surface area contributed by atoms with Gasteiger partial charge in [0.15, 0.2) is 12.2 Å². The molecule has 0 unspecified atom stereocenters. The number of halogens is 2. The van der Waals surface area contributed by atoms with Crippen LogP contribution in [0.4, 0.5) is 14.9 Å². The number of ether oxygens (including phenoxy) is 1. The molecule has 0 saturated carbocycles. The van der Waals surface area contributed by atoms with Crippen LogP contribution in [0.3, 0.4) is 0 Å². The normalized spacial score (nSPS) is 10.3. The molecular weight excluding hydrogens is 377 g/mol. The first-order chi connectivity index (χ1) is 13.0. The van der Waals surface area contributed by atoms with Gasteiger partial charge in [0.2, 0.25) is 0 Å². The predicted octanol–water partition coefficient (Wildman–Crippen LogP) is 3.03. The lowest BCUT2D eigenvalue weighted by molar-refractivity contribution is 0.0967. The molecule has 3 amide bonds. The lowest BCUT2D eigenvalue weighted by atomic mass is 10.1. The quantitative estimate of drug-likeness (QED) is 0.636. The van der Waals surface area contributed by atoms with Crippen molar-refractivity contribution in [2.45, 2.75) is 0 Å². The molecular formula is C17H12ClFN5O3. The summed E-state index contributed by atoms with van der Waals surface area (Å²) < 4.78 is 18.3. The molecule has 0 aliphatic rings. The summed E-state index contributed by atoms with van der Waals surface area (Å²) in [6.07, 6.45) is 2.48. The third-order valence-electron chi connectivity index (χ3n) is 3.50. The number of hydrogen-bond acceptors (Lipinski definition) is 5. The van der Waals surface area contributed by atoms with Crippen LogP contribution in [0, 0.1) is 12.1 Å². The Morgan fingerprint density at radius 2 is 2.07 bits per heavy atom. The number of carbonyl (C=O) groups excluding carboxylic acids is 2. The van der Waals surface area contributed by atoms with Crippen molar-refractivity contribution in [1.82, 2.24) is 20.5 Å². The molecule has 0 saturated heterocycles. The number of benzene rings is 2. The monoisotopic (exact) mass is 388 g/mol. The van der Waals surface area contributed by atoms with Gasteiger partial charge in [-0.1, -0.05) is 11.6 Å². The SMILES string of the molecule is COc1cc(-c2nn[c][nH]2)ccc1NC(=O)NC(=O)c1ccc(F)cc1Cl. The Morgan fingerprint density at radius 1 is 1.26 bits per heavy atom. The maximum atomic E-state index is 13.1. The molecule has 1 aromatic heterocycles. The number of nitrogens with one attached hydrogen (secondary N) is 3. The average molecular weight is 389 g/mol. The van der Waals surface area contributed by atoms with Gasteiger partial charge in [-0.05, 0) is 36.4 Å². The molecule has 137 valence electrons. The number of amides is 3. The van der Waals surface area contributed by atoms with E-state index in [1.807, 2.05) is 0 Å². The highest BCUT2D eigenvalue weighted by Gasteiger charge is 2.16. The zero-order chi connectivity index (χ0) is 19.4. The van der Waals surface area contributed by atoms with Gasteiger partial charge in [0.05, 0.1) is 23.4 Å². The minimum absolute atomic E-state index is 0.0305. The summed E-state index contributed by atoms with van der Waals surface area (Å²) in [5, 5.41) is 11.9. The zero-order valence-corrected chi connectivity index (χ0v) is 14.6. The van der Waals surface area contributed by atoms with Gasteiger partial charge in [-0.3, -0.25) is 10.1 Å². The molecule has 1 radical (unpaired) electrons. The highest BCUT2D eigenvalue weighted by molar-refractivity contribution is 6.34. The number of methoxy groups -OCH3 is 1. The Hall–Kier alpha value is -3.46. The number of aromatic amines is 1. The molecule has 8 nitrogen and oxygen atoms in total. The van der Waals surface area contributed by atoms with Crippen LogP contribution in [0.2, 0.25) is 5.02 Å². The minimum Gasteiger partial charge on any atom is -0.495 e. The Bertz CT molecular complexity index is 994. The van der Waals surface area contributed by atoms with Crippen molar-refractivity contribution in [1.29, 1.82) is 0 Å². The molecule has 0 atom stereocenters. The molecule has 10 heteroatoms. The van der Waals surface area contributed by atoms with Crippen LogP contribution < -0.4 is 15.4 Å². The van der Waals surface area contributed by atoms with Gasteiger partial charge < -0.3 is 15.0 Å². The summed E-state index contributed by atoms with van der Waals surface area (Å²) in [4.78, 5) is 26.9. The van der Waals surface area contributed by atoms with Crippen molar-refractivity contribution in [2.75, 3.05) is 12.4 Å².